The van der Waals surface area contributed by atoms with Crippen LogP contribution in [-0.4, -0.2) is 71.9 Å². The molecule has 276 valence electrons. The monoisotopic (exact) mass is 725 g/mol. The van der Waals surface area contributed by atoms with Gasteiger partial charge in [-0.3, -0.25) is 19.4 Å². The molecule has 3 aromatic carbocycles. The van der Waals surface area contributed by atoms with Gasteiger partial charge in [-0.05, 0) is 71.5 Å². The van der Waals surface area contributed by atoms with E-state index in [0.717, 1.165) is 60.6 Å². The van der Waals surface area contributed by atoms with Crippen LogP contribution in [0.2, 0.25) is 0 Å². The van der Waals surface area contributed by atoms with Gasteiger partial charge in [0.05, 0.1) is 13.2 Å². The van der Waals surface area contributed by atoms with Crippen molar-refractivity contribution in [1.82, 2.24) is 14.8 Å². The molecule has 3 amide bonds. The molecule has 2 heterocycles. The molecule has 1 aromatic heterocycles. The van der Waals surface area contributed by atoms with E-state index in [0.29, 0.717) is 24.5 Å². The molecular weight excluding hydrogens is 683 g/mol. The van der Waals surface area contributed by atoms with Gasteiger partial charge in [-0.15, -0.1) is 0 Å². The molecule has 6 rings (SSSR count). The maximum Gasteiger partial charge on any atom is 0.433 e. The van der Waals surface area contributed by atoms with Crippen LogP contribution in [0.25, 0.3) is 6.08 Å². The average molecular weight is 726 g/mol. The third-order valence-electron chi connectivity index (χ3n) is 9.34. The molecule has 53 heavy (non-hydrogen) atoms. The molecule has 2 fully saturated rings. The molecule has 4 aromatic rings. The Morgan fingerprint density at radius 2 is 1.55 bits per heavy atom. The molecule has 0 radical (unpaired) electrons. The van der Waals surface area contributed by atoms with Crippen molar-refractivity contribution < 1.29 is 32.3 Å². The molecule has 1 N–H and O–H groups in total. The summed E-state index contributed by atoms with van der Waals surface area (Å²) in [5, 5.41) is 2.93. The van der Waals surface area contributed by atoms with E-state index in [2.05, 4.69) is 15.2 Å². The summed E-state index contributed by atoms with van der Waals surface area (Å²) in [6, 6.07) is 25.8. The van der Waals surface area contributed by atoms with E-state index in [1.165, 1.54) is 23.1 Å². The zero-order valence-corrected chi connectivity index (χ0v) is 29.5. The number of nitrogens with zero attached hydrogens (tertiary/aromatic N) is 4. The summed E-state index contributed by atoms with van der Waals surface area (Å²) in [5.41, 5.74) is 3.49. The third kappa shape index (κ3) is 10.3. The van der Waals surface area contributed by atoms with Crippen molar-refractivity contribution in [2.24, 2.45) is 5.92 Å². The van der Waals surface area contributed by atoms with E-state index in [9.17, 15) is 27.6 Å². The van der Waals surface area contributed by atoms with Crippen LogP contribution < -0.4 is 10.2 Å². The number of pyridine rings is 1. The van der Waals surface area contributed by atoms with E-state index >= 15 is 0 Å². The number of morpholine rings is 1. The lowest BCUT2D eigenvalue weighted by Gasteiger charge is -2.34. The molecule has 9 nitrogen and oxygen atoms in total. The first-order chi connectivity index (χ1) is 25.5. The van der Waals surface area contributed by atoms with Crippen molar-refractivity contribution in [1.29, 1.82) is 0 Å². The Hall–Kier alpha value is -5.49. The smallest absolute Gasteiger partial charge is 0.378 e. The molecule has 1 aliphatic carbocycles. The number of carbonyl (C=O) groups excluding carboxylic acids is 3. The van der Waals surface area contributed by atoms with Crippen molar-refractivity contribution >= 4 is 35.2 Å². The number of benzene rings is 3. The van der Waals surface area contributed by atoms with Gasteiger partial charge in [0.25, 0.3) is 0 Å². The SMILES string of the molecule is CN(Cc1ccc(NC(=O)C2CC2)cc1)C(=O)[C@H](Cc1ccccc1)N(Cc1ccc(N2CCOCC2)cc1)C(=O)C=Cc1ccc(C(F)(F)F)nc1. The predicted molar refractivity (Wildman–Crippen MR) is 197 cm³/mol. The molecule has 0 spiro atoms. The quantitative estimate of drug-likeness (QED) is 0.156. The van der Waals surface area contributed by atoms with Crippen LogP contribution in [-0.2, 0) is 44.8 Å². The number of hydrogen-bond donors (Lipinski definition) is 1. The lowest BCUT2D eigenvalue weighted by molar-refractivity contribution is -0.143. The van der Waals surface area contributed by atoms with Crippen molar-refractivity contribution in [3.63, 3.8) is 0 Å². The topological polar surface area (TPSA) is 95.1 Å². The highest BCUT2D eigenvalue weighted by Gasteiger charge is 2.33. The first kappa shape index (κ1) is 37.3. The van der Waals surface area contributed by atoms with Crippen molar-refractivity contribution in [2.75, 3.05) is 43.6 Å². The van der Waals surface area contributed by atoms with Crippen LogP contribution >= 0.6 is 0 Å². The van der Waals surface area contributed by atoms with Crippen molar-refractivity contribution in [3.05, 3.63) is 131 Å². The lowest BCUT2D eigenvalue weighted by Crippen LogP contribution is -2.50. The second-order valence-corrected chi connectivity index (χ2v) is 13.4. The number of amides is 3. The summed E-state index contributed by atoms with van der Waals surface area (Å²) >= 11 is 0. The summed E-state index contributed by atoms with van der Waals surface area (Å²) in [5.74, 6) is -0.684. The molecule has 1 saturated heterocycles. The number of carbonyl (C=O) groups is 3. The summed E-state index contributed by atoms with van der Waals surface area (Å²) in [4.78, 5) is 49.7. The van der Waals surface area contributed by atoms with Crippen LogP contribution in [0.15, 0.2) is 103 Å². The van der Waals surface area contributed by atoms with E-state index in [-0.39, 0.29) is 37.2 Å². The summed E-state index contributed by atoms with van der Waals surface area (Å²) < 4.78 is 44.8. The fourth-order valence-electron chi connectivity index (χ4n) is 6.16. The number of hydrogen-bond acceptors (Lipinski definition) is 6. The number of alkyl halides is 3. The number of nitrogens with one attached hydrogen (secondary N) is 1. The number of anilines is 2. The Bertz CT molecular complexity index is 1870. The first-order valence-electron chi connectivity index (χ1n) is 17.7. The first-order valence-corrected chi connectivity index (χ1v) is 17.7. The number of ether oxygens (including phenoxy) is 1. The van der Waals surface area contributed by atoms with E-state index in [1.807, 2.05) is 78.9 Å². The predicted octanol–water partition coefficient (Wildman–Crippen LogP) is 6.60. The molecule has 12 heteroatoms. The molecule has 1 aliphatic heterocycles. The Kier molecular flexibility index (Phi) is 11.9. The summed E-state index contributed by atoms with van der Waals surface area (Å²) in [6.07, 6.45) is 1.18. The molecule has 0 bridgehead atoms. The van der Waals surface area contributed by atoms with Crippen LogP contribution in [0.3, 0.4) is 0 Å². The average Bonchev–Trinajstić information content (AvgIpc) is 4.03. The number of rotatable bonds is 13. The maximum absolute atomic E-state index is 14.5. The van der Waals surface area contributed by atoms with Crippen LogP contribution in [0, 0.1) is 5.92 Å². The number of likely N-dealkylation sites (N-methyl/N-ethyl adjacent to an activating group) is 1. The zero-order valence-electron chi connectivity index (χ0n) is 29.5. The zero-order chi connectivity index (χ0) is 37.4. The van der Waals surface area contributed by atoms with Gasteiger partial charge in [-0.25, -0.2) is 0 Å². The molecule has 1 saturated carbocycles. The fourth-order valence-corrected chi connectivity index (χ4v) is 6.16. The lowest BCUT2D eigenvalue weighted by atomic mass is 10.0. The highest BCUT2D eigenvalue weighted by atomic mass is 19.4. The van der Waals surface area contributed by atoms with E-state index in [4.69, 9.17) is 4.74 Å². The third-order valence-corrected chi connectivity index (χ3v) is 9.34. The van der Waals surface area contributed by atoms with Crippen LogP contribution in [0.5, 0.6) is 0 Å². The second-order valence-electron chi connectivity index (χ2n) is 13.4. The molecule has 0 unspecified atom stereocenters. The summed E-state index contributed by atoms with van der Waals surface area (Å²) in [7, 11) is 1.69. The minimum Gasteiger partial charge on any atom is -0.378 e. The van der Waals surface area contributed by atoms with Crippen LogP contribution in [0.1, 0.15) is 40.8 Å². The Morgan fingerprint density at radius 1 is 0.887 bits per heavy atom. The van der Waals surface area contributed by atoms with Gasteiger partial charge in [-0.2, -0.15) is 13.2 Å². The molecular formula is C41H42F3N5O4. The maximum atomic E-state index is 14.5. The van der Waals surface area contributed by atoms with Gasteiger partial charge in [0.15, 0.2) is 0 Å². The minimum absolute atomic E-state index is 0.0120. The second kappa shape index (κ2) is 16.9. The fraction of sp³-hybridized carbons (Fsp3) is 0.317. The minimum atomic E-state index is -4.59. The van der Waals surface area contributed by atoms with Gasteiger partial charge in [0.1, 0.15) is 11.7 Å². The van der Waals surface area contributed by atoms with E-state index in [1.54, 1.807) is 11.9 Å². The van der Waals surface area contributed by atoms with E-state index < -0.39 is 23.8 Å². The highest BCUT2D eigenvalue weighted by molar-refractivity contribution is 5.96. The standard InChI is InChI=1S/C41H42F3N5O4/c1-47(27-31-7-15-34(16-8-31)46-39(51)33-13-14-33)40(52)36(25-29-5-3-2-4-6-29)49(28-32-9-17-35(18-10-32)48-21-23-53-24-22-48)38(50)20-12-30-11-19-37(45-26-30)41(42,43)44/h2-12,15-20,26,33,36H,13-14,21-25,27-28H2,1H3,(H,46,51)/t36-/m0/s1. The molecule has 1 atom stereocenters. The summed E-state index contributed by atoms with van der Waals surface area (Å²) in [6.45, 7) is 3.18. The number of halogens is 3. The van der Waals surface area contributed by atoms with Crippen molar-refractivity contribution in [2.45, 2.75) is 44.6 Å². The Labute approximate surface area is 307 Å². The highest BCUT2D eigenvalue weighted by Crippen LogP contribution is 2.30. The van der Waals surface area contributed by atoms with Gasteiger partial charge >= 0.3 is 6.18 Å². The number of aromatic nitrogens is 1. The Morgan fingerprint density at radius 3 is 2.17 bits per heavy atom. The van der Waals surface area contributed by atoms with Gasteiger partial charge in [0.2, 0.25) is 17.7 Å². The largest absolute Gasteiger partial charge is 0.433 e. The van der Waals surface area contributed by atoms with Gasteiger partial charge in [0, 0.05) is 69.2 Å². The van der Waals surface area contributed by atoms with Crippen LogP contribution in [0.4, 0.5) is 24.5 Å². The van der Waals surface area contributed by atoms with Crippen molar-refractivity contribution in [3.8, 4) is 0 Å². The normalized spacial score (nSPS) is 15.2. The molecule has 2 aliphatic rings. The Balaban J connectivity index is 1.27. The van der Waals surface area contributed by atoms with Gasteiger partial charge in [-0.1, -0.05) is 60.7 Å². The van der Waals surface area contributed by atoms with Gasteiger partial charge < -0.3 is 24.8 Å².